The molecule has 0 aromatic heterocycles. The average molecular weight is 332 g/mol. The van der Waals surface area contributed by atoms with E-state index in [4.69, 9.17) is 0 Å². The van der Waals surface area contributed by atoms with Gasteiger partial charge in [0.2, 0.25) is 0 Å². The van der Waals surface area contributed by atoms with Crippen LogP contribution in [0.15, 0.2) is 60.2 Å². The summed E-state index contributed by atoms with van der Waals surface area (Å²) in [5, 5.41) is 0. The van der Waals surface area contributed by atoms with Crippen LogP contribution in [-0.4, -0.2) is 5.78 Å². The van der Waals surface area contributed by atoms with E-state index in [0.717, 1.165) is 29.6 Å². The van der Waals surface area contributed by atoms with E-state index in [1.54, 1.807) is 0 Å². The molecule has 2 aromatic rings. The maximum atomic E-state index is 12.7. The number of benzene rings is 2. The van der Waals surface area contributed by atoms with Crippen molar-refractivity contribution in [2.75, 3.05) is 0 Å². The molecule has 0 aliphatic heterocycles. The topological polar surface area (TPSA) is 17.1 Å². The first kappa shape index (κ1) is 18.9. The Morgan fingerprint density at radius 1 is 1.00 bits per heavy atom. The molecule has 1 nitrogen and oxygen atoms in total. The fourth-order valence-electron chi connectivity index (χ4n) is 2.92. The van der Waals surface area contributed by atoms with Gasteiger partial charge < -0.3 is 0 Å². The predicted molar refractivity (Wildman–Crippen MR) is 108 cm³/mol. The largest absolute Gasteiger partial charge is 0.289 e. The van der Waals surface area contributed by atoms with Crippen molar-refractivity contribution in [2.45, 2.75) is 47.5 Å². The molecule has 3 rings (SSSR count). The van der Waals surface area contributed by atoms with Crippen molar-refractivity contribution in [3.8, 4) is 0 Å². The third-order valence-electron chi connectivity index (χ3n) is 4.60. The minimum Gasteiger partial charge on any atom is -0.289 e. The SMILES string of the molecule is CC.CCc1cccc(C(=O)C2=CC(c3ccc(C)c(C)c3)=CC2)c1. The third kappa shape index (κ3) is 4.36. The van der Waals surface area contributed by atoms with Crippen LogP contribution in [-0.2, 0) is 6.42 Å². The van der Waals surface area contributed by atoms with Crippen LogP contribution in [0.25, 0.3) is 5.57 Å². The summed E-state index contributed by atoms with van der Waals surface area (Å²) in [4.78, 5) is 12.7. The number of hydrogen-bond acceptors (Lipinski definition) is 1. The second-order valence-corrected chi connectivity index (χ2v) is 6.22. The molecule has 0 amide bonds. The lowest BCUT2D eigenvalue weighted by atomic mass is 9.99. The highest BCUT2D eigenvalue weighted by atomic mass is 16.1. The number of aryl methyl sites for hydroxylation is 3. The van der Waals surface area contributed by atoms with E-state index in [-0.39, 0.29) is 5.78 Å². The van der Waals surface area contributed by atoms with Crippen molar-refractivity contribution in [3.63, 3.8) is 0 Å². The molecule has 0 radical (unpaired) electrons. The first-order valence-electron chi connectivity index (χ1n) is 9.20. The van der Waals surface area contributed by atoms with Crippen LogP contribution in [0.3, 0.4) is 0 Å². The van der Waals surface area contributed by atoms with E-state index in [0.29, 0.717) is 0 Å². The highest BCUT2D eigenvalue weighted by Gasteiger charge is 2.17. The number of carbonyl (C=O) groups excluding carboxylic acids is 1. The van der Waals surface area contributed by atoms with E-state index >= 15 is 0 Å². The number of carbonyl (C=O) groups is 1. The van der Waals surface area contributed by atoms with Crippen LogP contribution in [0.4, 0.5) is 0 Å². The fraction of sp³-hybridized carbons (Fsp3) is 0.292. The molecule has 1 heteroatoms. The van der Waals surface area contributed by atoms with E-state index in [1.165, 1.54) is 22.3 Å². The zero-order valence-electron chi connectivity index (χ0n) is 16.0. The fourth-order valence-corrected chi connectivity index (χ4v) is 2.92. The van der Waals surface area contributed by atoms with Gasteiger partial charge in [-0.05, 0) is 66.7 Å². The van der Waals surface area contributed by atoms with Crippen LogP contribution >= 0.6 is 0 Å². The molecule has 25 heavy (non-hydrogen) atoms. The van der Waals surface area contributed by atoms with Gasteiger partial charge in [-0.25, -0.2) is 0 Å². The van der Waals surface area contributed by atoms with Gasteiger partial charge in [0, 0.05) is 11.1 Å². The van der Waals surface area contributed by atoms with Gasteiger partial charge in [0.05, 0.1) is 0 Å². The van der Waals surface area contributed by atoms with Gasteiger partial charge in [-0.2, -0.15) is 0 Å². The summed E-state index contributed by atoms with van der Waals surface area (Å²) in [6.07, 6.45) is 5.87. The lowest BCUT2D eigenvalue weighted by Crippen LogP contribution is -2.02. The van der Waals surface area contributed by atoms with Crippen molar-refractivity contribution in [3.05, 3.63) is 88.0 Å². The Labute approximate surface area is 152 Å². The molecule has 0 saturated carbocycles. The summed E-state index contributed by atoms with van der Waals surface area (Å²) in [6, 6.07) is 14.4. The standard InChI is InChI=1S/C22H22O.C2H6/c1-4-17-6-5-7-20(13-17)22(23)21-11-10-19(14-21)18-9-8-15(2)16(3)12-18;1-2/h5-10,12-14H,4,11H2,1-3H3;1-2H3. The van der Waals surface area contributed by atoms with Crippen LogP contribution < -0.4 is 0 Å². The summed E-state index contributed by atoms with van der Waals surface area (Å²) < 4.78 is 0. The second kappa shape index (κ2) is 8.62. The van der Waals surface area contributed by atoms with Crippen molar-refractivity contribution in [1.29, 1.82) is 0 Å². The molecule has 130 valence electrons. The van der Waals surface area contributed by atoms with E-state index in [9.17, 15) is 4.79 Å². The molecule has 0 N–H and O–H groups in total. The average Bonchev–Trinajstić information content (AvgIpc) is 3.15. The first-order chi connectivity index (χ1) is 12.1. The van der Waals surface area contributed by atoms with Gasteiger partial charge in [-0.3, -0.25) is 4.79 Å². The monoisotopic (exact) mass is 332 g/mol. The molecule has 0 fully saturated rings. The minimum absolute atomic E-state index is 0.149. The lowest BCUT2D eigenvalue weighted by Gasteiger charge is -2.05. The highest BCUT2D eigenvalue weighted by Crippen LogP contribution is 2.29. The highest BCUT2D eigenvalue weighted by molar-refractivity contribution is 6.11. The molecule has 0 unspecified atom stereocenters. The first-order valence-corrected chi connectivity index (χ1v) is 9.20. The van der Waals surface area contributed by atoms with Crippen LogP contribution in [0.2, 0.25) is 0 Å². The van der Waals surface area contributed by atoms with Crippen LogP contribution in [0.5, 0.6) is 0 Å². The molecule has 1 aliphatic carbocycles. The number of Topliss-reactive ketones (excluding diaryl/α,β-unsaturated/α-hetero) is 1. The van der Waals surface area contributed by atoms with Crippen LogP contribution in [0.1, 0.15) is 59.8 Å². The Morgan fingerprint density at radius 3 is 2.44 bits per heavy atom. The molecular weight excluding hydrogens is 304 g/mol. The summed E-state index contributed by atoms with van der Waals surface area (Å²) in [6.45, 7) is 10.4. The molecule has 0 bridgehead atoms. The van der Waals surface area contributed by atoms with Gasteiger partial charge in [-0.1, -0.05) is 63.2 Å². The smallest absolute Gasteiger partial charge is 0.189 e. The Bertz CT molecular complexity index is 822. The van der Waals surface area contributed by atoms with Gasteiger partial charge in [0.15, 0.2) is 5.78 Å². The summed E-state index contributed by atoms with van der Waals surface area (Å²) in [5.74, 6) is 0.149. The zero-order valence-corrected chi connectivity index (χ0v) is 16.0. The van der Waals surface area contributed by atoms with Gasteiger partial charge in [-0.15, -0.1) is 0 Å². The minimum atomic E-state index is 0.149. The molecule has 2 aromatic carbocycles. The molecule has 0 spiro atoms. The van der Waals surface area contributed by atoms with Gasteiger partial charge >= 0.3 is 0 Å². The Balaban J connectivity index is 0.00000109. The third-order valence-corrected chi connectivity index (χ3v) is 4.60. The van der Waals surface area contributed by atoms with Crippen molar-refractivity contribution in [2.24, 2.45) is 0 Å². The zero-order chi connectivity index (χ0) is 18.4. The van der Waals surface area contributed by atoms with E-state index < -0.39 is 0 Å². The van der Waals surface area contributed by atoms with Crippen molar-refractivity contribution >= 4 is 11.4 Å². The van der Waals surface area contributed by atoms with Gasteiger partial charge in [0.25, 0.3) is 0 Å². The number of rotatable bonds is 4. The molecule has 0 atom stereocenters. The lowest BCUT2D eigenvalue weighted by molar-refractivity contribution is 0.103. The Morgan fingerprint density at radius 2 is 1.76 bits per heavy atom. The maximum Gasteiger partial charge on any atom is 0.189 e. The number of ketones is 1. The second-order valence-electron chi connectivity index (χ2n) is 6.22. The quantitative estimate of drug-likeness (QED) is 0.585. The molecular formula is C24H28O. The summed E-state index contributed by atoms with van der Waals surface area (Å²) in [5.41, 5.74) is 7.81. The number of hydrogen-bond donors (Lipinski definition) is 0. The molecule has 1 aliphatic rings. The van der Waals surface area contributed by atoms with Crippen molar-refractivity contribution < 1.29 is 4.79 Å². The van der Waals surface area contributed by atoms with Gasteiger partial charge in [0.1, 0.15) is 0 Å². The molecule has 0 saturated heterocycles. The molecule has 0 heterocycles. The van der Waals surface area contributed by atoms with E-state index in [1.807, 2.05) is 38.1 Å². The van der Waals surface area contributed by atoms with Crippen LogP contribution in [0, 0.1) is 13.8 Å². The van der Waals surface area contributed by atoms with E-state index in [2.05, 4.69) is 51.1 Å². The summed E-state index contributed by atoms with van der Waals surface area (Å²) >= 11 is 0. The number of allylic oxidation sites excluding steroid dienone is 4. The van der Waals surface area contributed by atoms with Crippen molar-refractivity contribution in [1.82, 2.24) is 0 Å². The Hall–Kier alpha value is -2.41. The Kier molecular flexibility index (Phi) is 6.52. The normalized spacial score (nSPS) is 12.8. The predicted octanol–water partition coefficient (Wildman–Crippen LogP) is 6.49. The summed E-state index contributed by atoms with van der Waals surface area (Å²) in [7, 11) is 0. The maximum absolute atomic E-state index is 12.7.